The van der Waals surface area contributed by atoms with Gasteiger partial charge in [0, 0.05) is 17.5 Å². The molecule has 49 heavy (non-hydrogen) atoms. The van der Waals surface area contributed by atoms with Gasteiger partial charge in [-0.2, -0.15) is 0 Å². The van der Waals surface area contributed by atoms with E-state index in [9.17, 15) is 0 Å². The first kappa shape index (κ1) is 38.2. The van der Waals surface area contributed by atoms with Crippen LogP contribution in [0.5, 0.6) is 11.5 Å². The fourth-order valence-corrected chi connectivity index (χ4v) is 10.6. The van der Waals surface area contributed by atoms with Crippen LogP contribution in [0.1, 0.15) is 184 Å². The quantitative estimate of drug-likeness (QED) is 0.146. The first-order chi connectivity index (χ1) is 23.5. The summed E-state index contributed by atoms with van der Waals surface area (Å²) in [5.41, 5.74) is 7.21. The van der Waals surface area contributed by atoms with Gasteiger partial charge in [0.1, 0.15) is 11.5 Å². The molecule has 4 nitrogen and oxygen atoms in total. The van der Waals surface area contributed by atoms with Crippen molar-refractivity contribution in [2.24, 2.45) is 5.92 Å². The Balaban J connectivity index is 1.67. The normalized spacial score (nSPS) is 22.4. The van der Waals surface area contributed by atoms with Crippen LogP contribution in [0.15, 0.2) is 36.4 Å². The number of rotatable bonds is 14. The minimum absolute atomic E-state index is 0.0286. The zero-order valence-corrected chi connectivity index (χ0v) is 33.0. The third-order valence-corrected chi connectivity index (χ3v) is 13.4. The summed E-state index contributed by atoms with van der Waals surface area (Å²) in [6.45, 7) is 15.9. The third-order valence-electron chi connectivity index (χ3n) is 12.0. The fraction of sp³-hybridized carbons (Fsp3) is 0.682. The molecular weight excluding hydrogens is 623 g/mol. The van der Waals surface area contributed by atoms with Crippen molar-refractivity contribution in [2.45, 2.75) is 187 Å². The monoisotopic (exact) mass is 690 g/mol. The Morgan fingerprint density at radius 2 is 1.35 bits per heavy atom. The van der Waals surface area contributed by atoms with Crippen LogP contribution in [0.3, 0.4) is 0 Å². The van der Waals surface area contributed by atoms with Gasteiger partial charge in [-0.25, -0.2) is 4.57 Å². The molecule has 0 spiro atoms. The Kier molecular flexibility index (Phi) is 13.2. The first-order valence-electron chi connectivity index (χ1n) is 20.1. The van der Waals surface area contributed by atoms with Crippen molar-refractivity contribution < 1.29 is 18.1 Å². The molecule has 5 heteroatoms. The predicted molar refractivity (Wildman–Crippen MR) is 206 cm³/mol. The van der Waals surface area contributed by atoms with Gasteiger partial charge in [0.05, 0.1) is 6.10 Å². The molecule has 2 aliphatic carbocycles. The topological polar surface area (TPSA) is 44.8 Å². The highest BCUT2D eigenvalue weighted by atomic mass is 31.2. The van der Waals surface area contributed by atoms with Crippen molar-refractivity contribution in [2.75, 3.05) is 0 Å². The molecule has 272 valence electrons. The Bertz CT molecular complexity index is 1460. The molecule has 2 aromatic rings. The standard InChI is InChI=1S/C44H67O4P/c1-8-11-14-21-33(4)22-23-35-30-37-32-36-28-34(5)29-39(43(6)24-15-12-16-25-43)41(36)47-49(45,46-38(19-9-2)20-10-3)48-42(37)40(31-35)44(7)26-17-13-18-27-44/h8,11,28-31,33,38H,9-10,12-27,32H2,1-7H3/b11-8-. The number of hydrogen-bond acceptors (Lipinski definition) is 4. The second-order valence-electron chi connectivity index (χ2n) is 16.6. The predicted octanol–water partition coefficient (Wildman–Crippen LogP) is 13.8. The van der Waals surface area contributed by atoms with Gasteiger partial charge in [-0.15, -0.1) is 0 Å². The van der Waals surface area contributed by atoms with E-state index in [1.165, 1.54) is 67.2 Å². The molecular formula is C44H67O4P. The van der Waals surface area contributed by atoms with Gasteiger partial charge in [0.2, 0.25) is 0 Å². The van der Waals surface area contributed by atoms with Crippen molar-refractivity contribution in [3.63, 3.8) is 0 Å². The summed E-state index contributed by atoms with van der Waals surface area (Å²) in [6.07, 6.45) is 25.0. The average molecular weight is 691 g/mol. The van der Waals surface area contributed by atoms with Crippen molar-refractivity contribution >= 4 is 7.82 Å². The van der Waals surface area contributed by atoms with E-state index in [-0.39, 0.29) is 16.9 Å². The lowest BCUT2D eigenvalue weighted by atomic mass is 9.69. The Morgan fingerprint density at radius 1 is 0.796 bits per heavy atom. The van der Waals surface area contributed by atoms with E-state index in [1.807, 2.05) is 0 Å². The maximum absolute atomic E-state index is 15.4. The highest BCUT2D eigenvalue weighted by Gasteiger charge is 2.43. The zero-order valence-electron chi connectivity index (χ0n) is 32.1. The van der Waals surface area contributed by atoms with Crippen LogP contribution in [0, 0.1) is 12.8 Å². The van der Waals surface area contributed by atoms with Gasteiger partial charge in [-0.1, -0.05) is 128 Å². The van der Waals surface area contributed by atoms with Crippen LogP contribution in [0.4, 0.5) is 0 Å². The van der Waals surface area contributed by atoms with Crippen LogP contribution < -0.4 is 9.05 Å². The fourth-order valence-electron chi connectivity index (χ4n) is 9.00. The molecule has 5 rings (SSSR count). The first-order valence-corrected chi connectivity index (χ1v) is 21.6. The molecule has 2 fully saturated rings. The van der Waals surface area contributed by atoms with Crippen LogP contribution in [0.2, 0.25) is 0 Å². The van der Waals surface area contributed by atoms with E-state index in [4.69, 9.17) is 13.6 Å². The number of benzene rings is 2. The lowest BCUT2D eigenvalue weighted by Gasteiger charge is -2.39. The van der Waals surface area contributed by atoms with Crippen molar-refractivity contribution in [1.82, 2.24) is 0 Å². The second-order valence-corrected chi connectivity index (χ2v) is 18.0. The van der Waals surface area contributed by atoms with Gasteiger partial charge < -0.3 is 9.05 Å². The van der Waals surface area contributed by atoms with E-state index < -0.39 is 7.82 Å². The van der Waals surface area contributed by atoms with Crippen molar-refractivity contribution in [3.05, 3.63) is 69.8 Å². The maximum Gasteiger partial charge on any atom is 0.587 e. The second kappa shape index (κ2) is 17.0. The summed E-state index contributed by atoms with van der Waals surface area (Å²) in [7, 11) is -4.06. The lowest BCUT2D eigenvalue weighted by Crippen LogP contribution is -2.29. The van der Waals surface area contributed by atoms with Crippen LogP contribution >= 0.6 is 7.82 Å². The molecule has 3 aliphatic rings. The minimum atomic E-state index is -4.06. The highest BCUT2D eigenvalue weighted by molar-refractivity contribution is 7.49. The summed E-state index contributed by atoms with van der Waals surface area (Å²) in [5, 5.41) is 0. The third kappa shape index (κ3) is 9.45. The average Bonchev–Trinajstić information content (AvgIpc) is 3.06. The highest BCUT2D eigenvalue weighted by Crippen LogP contribution is 2.59. The largest absolute Gasteiger partial charge is 0.587 e. The molecule has 2 saturated carbocycles. The van der Waals surface area contributed by atoms with E-state index in [2.05, 4.69) is 84.9 Å². The number of fused-ring (bicyclic) bond motifs is 2. The molecule has 0 radical (unpaired) electrons. The lowest BCUT2D eigenvalue weighted by molar-refractivity contribution is 0.124. The van der Waals surface area contributed by atoms with Gasteiger partial charge in [0.15, 0.2) is 0 Å². The number of allylic oxidation sites excluding steroid dienone is 2. The minimum Gasteiger partial charge on any atom is -0.394 e. The summed E-state index contributed by atoms with van der Waals surface area (Å²) in [4.78, 5) is 0. The molecule has 0 saturated heterocycles. The SMILES string of the molecule is C/C=C\CCC(C)CCc1cc2c(c(C3(C)CCCCC3)c1)OP(=O)(OC(CCC)CCC)Oc1c(cc(C)cc1C1(C)CCCCC1)C2. The maximum atomic E-state index is 15.4. The summed E-state index contributed by atoms with van der Waals surface area (Å²) in [6, 6.07) is 9.36. The smallest absolute Gasteiger partial charge is 0.394 e. The Morgan fingerprint density at radius 3 is 1.90 bits per heavy atom. The van der Waals surface area contributed by atoms with E-state index in [0.29, 0.717) is 12.3 Å². The molecule has 0 bridgehead atoms. The molecule has 0 aromatic heterocycles. The van der Waals surface area contributed by atoms with Crippen molar-refractivity contribution in [1.29, 1.82) is 0 Å². The van der Waals surface area contributed by atoms with E-state index in [1.54, 1.807) is 0 Å². The van der Waals surface area contributed by atoms with Gasteiger partial charge in [-0.05, 0) is 111 Å². The van der Waals surface area contributed by atoms with Crippen LogP contribution in [-0.2, 0) is 32.8 Å². The number of phosphoric ester groups is 1. The van der Waals surface area contributed by atoms with Crippen LogP contribution in [0.25, 0.3) is 0 Å². The van der Waals surface area contributed by atoms with Gasteiger partial charge >= 0.3 is 7.82 Å². The molecule has 0 N–H and O–H groups in total. The Labute approximate surface area is 299 Å². The molecule has 2 unspecified atom stereocenters. The number of hydrogen-bond donors (Lipinski definition) is 0. The number of aryl methyl sites for hydroxylation is 2. The summed E-state index contributed by atoms with van der Waals surface area (Å²) >= 11 is 0. The molecule has 1 heterocycles. The molecule has 0 amide bonds. The molecule has 1 aliphatic heterocycles. The van der Waals surface area contributed by atoms with Crippen molar-refractivity contribution in [3.8, 4) is 11.5 Å². The van der Waals surface area contributed by atoms with Gasteiger partial charge in [-0.3, -0.25) is 4.52 Å². The summed E-state index contributed by atoms with van der Waals surface area (Å²) < 4.78 is 35.8. The van der Waals surface area contributed by atoms with Gasteiger partial charge in [0.25, 0.3) is 0 Å². The summed E-state index contributed by atoms with van der Waals surface area (Å²) in [5.74, 6) is 2.17. The van der Waals surface area contributed by atoms with Crippen LogP contribution in [-0.4, -0.2) is 6.10 Å². The molecule has 2 aromatic carbocycles. The molecule has 2 atom stereocenters. The number of phosphoric acid groups is 1. The van der Waals surface area contributed by atoms with E-state index >= 15 is 4.57 Å². The van der Waals surface area contributed by atoms with E-state index in [0.717, 1.165) is 93.3 Å². The zero-order chi connectivity index (χ0) is 35.1. The Hall–Kier alpha value is -2.03.